The van der Waals surface area contributed by atoms with Gasteiger partial charge in [-0.3, -0.25) is 10.5 Å². The number of nitrogens with one attached hydrogen (secondary N) is 1. The SMILES string of the molecule is [CH-]=C(N=[C-]C(C)(C)N(C[CH2-])C(=O)CNC(=O)OC(C)(C)C)c1ccc(F)c(C)c1.[Li+]. The molecule has 0 bridgehead atoms. The molecular formula is C22H29FLiN3O3-2. The predicted molar refractivity (Wildman–Crippen MR) is 112 cm³/mol. The number of hydrogen-bond donors (Lipinski definition) is 1. The van der Waals surface area contributed by atoms with Crippen LogP contribution < -0.4 is 24.2 Å². The van der Waals surface area contributed by atoms with E-state index in [1.165, 1.54) is 17.0 Å². The van der Waals surface area contributed by atoms with Gasteiger partial charge in [-0.1, -0.05) is 13.8 Å². The van der Waals surface area contributed by atoms with Crippen LogP contribution in [0.4, 0.5) is 9.18 Å². The summed E-state index contributed by atoms with van der Waals surface area (Å²) >= 11 is 0. The first-order chi connectivity index (χ1) is 13.3. The number of alkyl carbamates (subject to hydrolysis) is 1. The van der Waals surface area contributed by atoms with Gasteiger partial charge >= 0.3 is 25.0 Å². The fourth-order valence-electron chi connectivity index (χ4n) is 2.40. The molecule has 160 valence electrons. The van der Waals surface area contributed by atoms with Gasteiger partial charge in [0.1, 0.15) is 18.0 Å². The molecule has 8 heteroatoms. The topological polar surface area (TPSA) is 71.0 Å². The Kier molecular flexibility index (Phi) is 10.5. The normalized spacial score (nSPS) is 11.6. The summed E-state index contributed by atoms with van der Waals surface area (Å²) < 4.78 is 18.5. The summed E-state index contributed by atoms with van der Waals surface area (Å²) in [5, 5.41) is 2.42. The minimum absolute atomic E-state index is 0. The van der Waals surface area contributed by atoms with Gasteiger partial charge in [-0.15, -0.1) is 18.7 Å². The number of halogens is 1. The fraction of sp³-hybridized carbons (Fsp3) is 0.455. The van der Waals surface area contributed by atoms with Gasteiger partial charge in [0.15, 0.2) is 0 Å². The number of ether oxygens (including phenoxy) is 1. The van der Waals surface area contributed by atoms with Gasteiger partial charge in [0.2, 0.25) is 5.91 Å². The van der Waals surface area contributed by atoms with Crippen molar-refractivity contribution in [2.45, 2.75) is 52.7 Å². The third-order valence-corrected chi connectivity index (χ3v) is 3.89. The van der Waals surface area contributed by atoms with Crippen molar-refractivity contribution in [1.82, 2.24) is 10.2 Å². The van der Waals surface area contributed by atoms with Crippen molar-refractivity contribution in [3.8, 4) is 0 Å². The van der Waals surface area contributed by atoms with Gasteiger partial charge in [-0.25, -0.2) is 14.7 Å². The number of rotatable bonds is 7. The second kappa shape index (κ2) is 11.3. The fourth-order valence-corrected chi connectivity index (χ4v) is 2.40. The van der Waals surface area contributed by atoms with Crippen LogP contribution in [0, 0.1) is 26.2 Å². The zero-order valence-corrected chi connectivity index (χ0v) is 18.9. The van der Waals surface area contributed by atoms with Crippen molar-refractivity contribution in [1.29, 1.82) is 0 Å². The molecule has 0 aromatic heterocycles. The van der Waals surface area contributed by atoms with E-state index in [1.54, 1.807) is 47.6 Å². The number of aryl methyl sites for hydroxylation is 1. The first kappa shape index (κ1) is 27.9. The number of nitrogens with zero attached hydrogens (tertiary/aromatic N) is 2. The molecule has 0 fully saturated rings. The Balaban J connectivity index is 0.00000841. The van der Waals surface area contributed by atoms with Gasteiger partial charge < -0.3 is 33.4 Å². The molecule has 1 N–H and O–H groups in total. The Bertz CT molecular complexity index is 801. The van der Waals surface area contributed by atoms with Gasteiger partial charge in [0.25, 0.3) is 0 Å². The summed E-state index contributed by atoms with van der Waals surface area (Å²) in [6.45, 7) is 19.9. The summed E-state index contributed by atoms with van der Waals surface area (Å²) in [7, 11) is 0. The van der Waals surface area contributed by atoms with E-state index < -0.39 is 17.2 Å². The van der Waals surface area contributed by atoms with E-state index in [0.717, 1.165) is 0 Å². The van der Waals surface area contributed by atoms with Gasteiger partial charge in [-0.05, 0) is 44.9 Å². The molecule has 2 amide bonds. The van der Waals surface area contributed by atoms with E-state index in [0.29, 0.717) is 11.1 Å². The number of benzene rings is 1. The molecule has 0 radical (unpaired) electrons. The average molecular weight is 409 g/mol. The number of aliphatic imine (C=N–C) groups is 1. The summed E-state index contributed by atoms with van der Waals surface area (Å²) in [5.74, 6) is -0.712. The van der Waals surface area contributed by atoms with Crippen LogP contribution in [0.15, 0.2) is 23.2 Å². The maximum Gasteiger partial charge on any atom is 1.00 e. The molecule has 0 atom stereocenters. The molecule has 0 unspecified atom stereocenters. The smallest absolute Gasteiger partial charge is 0.491 e. The predicted octanol–water partition coefficient (Wildman–Crippen LogP) is 0.826. The molecule has 0 heterocycles. The standard InChI is InChI=1S/C22H29FN3O3.Li/c1-9-26(19(27)13-24-20(28)29-21(4,5)6)22(7,8)14-25-16(3)17-10-11-18(23)15(2)12-17;/h3,10-12H,1,9,13H2,2,4-8H3,(H,24,28);/q-3;+1. The van der Waals surface area contributed by atoms with E-state index in [1.807, 2.05) is 0 Å². The van der Waals surface area contributed by atoms with Crippen LogP contribution in [0.25, 0.3) is 5.70 Å². The van der Waals surface area contributed by atoms with Crippen molar-refractivity contribution in [3.05, 3.63) is 48.6 Å². The third kappa shape index (κ3) is 8.72. The molecule has 0 saturated carbocycles. The monoisotopic (exact) mass is 409 g/mol. The van der Waals surface area contributed by atoms with Crippen molar-refractivity contribution >= 4 is 23.9 Å². The molecule has 0 aliphatic rings. The van der Waals surface area contributed by atoms with E-state index in [-0.39, 0.29) is 49.4 Å². The van der Waals surface area contributed by atoms with Crippen LogP contribution in [0.2, 0.25) is 0 Å². The Morgan fingerprint density at radius 3 is 2.40 bits per heavy atom. The minimum Gasteiger partial charge on any atom is -0.491 e. The van der Waals surface area contributed by atoms with Gasteiger partial charge in [0, 0.05) is 0 Å². The van der Waals surface area contributed by atoms with Crippen LogP contribution in [0.1, 0.15) is 45.7 Å². The van der Waals surface area contributed by atoms with Crippen LogP contribution in [0.5, 0.6) is 0 Å². The molecule has 0 aliphatic carbocycles. The average Bonchev–Trinajstić information content (AvgIpc) is 2.59. The quantitative estimate of drug-likeness (QED) is 0.412. The molecule has 0 spiro atoms. The molecule has 30 heavy (non-hydrogen) atoms. The zero-order valence-electron chi connectivity index (χ0n) is 18.9. The number of hydrogen-bond acceptors (Lipinski definition) is 4. The van der Waals surface area contributed by atoms with Crippen LogP contribution in [-0.2, 0) is 9.53 Å². The Hall–Kier alpha value is -2.10. The zero-order chi connectivity index (χ0) is 22.4. The largest absolute Gasteiger partial charge is 1.00 e. The summed E-state index contributed by atoms with van der Waals surface area (Å²) in [4.78, 5) is 29.8. The van der Waals surface area contributed by atoms with E-state index >= 15 is 0 Å². The van der Waals surface area contributed by atoms with Crippen LogP contribution in [0.3, 0.4) is 0 Å². The van der Waals surface area contributed by atoms with Crippen LogP contribution in [-0.4, -0.2) is 47.3 Å². The number of carbonyl (C=O) groups excluding carboxylic acids is 2. The molecule has 1 rings (SSSR count). The second-order valence-electron chi connectivity index (χ2n) is 8.03. The summed E-state index contributed by atoms with van der Waals surface area (Å²) in [5.41, 5.74) is -0.475. The van der Waals surface area contributed by atoms with Crippen molar-refractivity contribution in [3.63, 3.8) is 0 Å². The molecule has 1 aromatic rings. The summed E-state index contributed by atoms with van der Waals surface area (Å²) in [6.07, 6.45) is 2.15. The van der Waals surface area contributed by atoms with Gasteiger partial charge in [-0.2, -0.15) is 6.21 Å². The third-order valence-electron chi connectivity index (χ3n) is 3.89. The minimum atomic E-state index is -0.950. The van der Waals surface area contributed by atoms with E-state index in [9.17, 15) is 14.0 Å². The molecule has 1 aromatic carbocycles. The molecule has 0 saturated heterocycles. The first-order valence-corrected chi connectivity index (χ1v) is 9.20. The number of amides is 2. The molecule has 0 aliphatic heterocycles. The van der Waals surface area contributed by atoms with Crippen molar-refractivity contribution in [2.75, 3.05) is 13.1 Å². The van der Waals surface area contributed by atoms with Crippen LogP contribution >= 0.6 is 0 Å². The maximum absolute atomic E-state index is 13.4. The number of carbonyl (C=O) groups is 2. The Morgan fingerprint density at radius 1 is 1.30 bits per heavy atom. The van der Waals surface area contributed by atoms with Crippen molar-refractivity contribution < 1.29 is 37.6 Å². The molecular weight excluding hydrogens is 380 g/mol. The van der Waals surface area contributed by atoms with E-state index in [4.69, 9.17) is 11.3 Å². The van der Waals surface area contributed by atoms with E-state index in [2.05, 4.69) is 23.4 Å². The Labute approximate surface area is 191 Å². The van der Waals surface area contributed by atoms with Gasteiger partial charge in [0.05, 0.1) is 0 Å². The Morgan fingerprint density at radius 2 is 1.90 bits per heavy atom. The summed E-state index contributed by atoms with van der Waals surface area (Å²) in [6, 6.07) is 4.41. The van der Waals surface area contributed by atoms with Crippen molar-refractivity contribution in [2.24, 2.45) is 4.99 Å². The first-order valence-electron chi connectivity index (χ1n) is 9.20. The molecule has 6 nitrogen and oxygen atoms in total. The maximum atomic E-state index is 13.4. The second-order valence-corrected chi connectivity index (χ2v) is 8.03.